The molecule has 3 atom stereocenters. The molecule has 1 aromatic rings. The zero-order chi connectivity index (χ0) is 16.9. The molecule has 126 valence electrons. The predicted molar refractivity (Wildman–Crippen MR) is 68.1 cm³/mol. The van der Waals surface area contributed by atoms with Crippen LogP contribution in [0.2, 0.25) is 0 Å². The van der Waals surface area contributed by atoms with Gasteiger partial charge >= 0.3 is 6.03 Å². The summed E-state index contributed by atoms with van der Waals surface area (Å²) >= 11 is 0. The van der Waals surface area contributed by atoms with Crippen LogP contribution in [0.25, 0.3) is 0 Å². The van der Waals surface area contributed by atoms with Gasteiger partial charge in [0.25, 0.3) is 0 Å². The number of benzene rings is 1. The number of nitrogens with two attached hydrogens (primary N) is 1. The van der Waals surface area contributed by atoms with E-state index in [9.17, 15) is 26.7 Å². The number of nitrogens with zero attached hydrogens (tertiary/aromatic N) is 1. The molecule has 3 rings (SSSR count). The lowest BCUT2D eigenvalue weighted by Gasteiger charge is -2.37. The Hall–Kier alpha value is -2.06. The Bertz CT molecular complexity index is 626. The van der Waals surface area contributed by atoms with Crippen molar-refractivity contribution in [2.75, 3.05) is 0 Å². The molecule has 0 aromatic heterocycles. The van der Waals surface area contributed by atoms with E-state index in [1.165, 1.54) is 4.90 Å². The normalized spacial score (nSPS) is 26.5. The molecule has 2 N–H and O–H groups in total. The zero-order valence-corrected chi connectivity index (χ0v) is 11.8. The van der Waals surface area contributed by atoms with Gasteiger partial charge in [-0.05, 0) is 12.8 Å². The van der Waals surface area contributed by atoms with Gasteiger partial charge in [0, 0.05) is 24.9 Å². The molecule has 0 spiro atoms. The molecule has 2 aliphatic rings. The van der Waals surface area contributed by atoms with Crippen LogP contribution < -0.4 is 10.5 Å². The van der Waals surface area contributed by atoms with Crippen molar-refractivity contribution in [3.05, 3.63) is 29.1 Å². The Labute approximate surface area is 128 Å². The fraction of sp³-hybridized carbons (Fsp3) is 0.500. The number of carbonyl (C=O) groups is 1. The molecule has 2 fully saturated rings. The molecule has 2 heterocycles. The number of primary amides is 1. The summed E-state index contributed by atoms with van der Waals surface area (Å²) in [5.41, 5.74) is 5.28. The summed E-state index contributed by atoms with van der Waals surface area (Å²) < 4.78 is 71.7. The summed E-state index contributed by atoms with van der Waals surface area (Å²) in [5.74, 6) is -11.6. The van der Waals surface area contributed by atoms with Crippen LogP contribution in [0.3, 0.4) is 0 Å². The fourth-order valence-electron chi connectivity index (χ4n) is 3.44. The number of fused-ring (bicyclic) bond motifs is 2. The van der Waals surface area contributed by atoms with Crippen LogP contribution in [0.15, 0.2) is 0 Å². The first kappa shape index (κ1) is 15.8. The highest BCUT2D eigenvalue weighted by Crippen LogP contribution is 2.38. The van der Waals surface area contributed by atoms with Crippen LogP contribution >= 0.6 is 0 Å². The standard InChI is InChI=1S/C14H13F5N2O2/c15-8-9(16)11(18)13(12(19)10(8)17)23-7-3-5-1-2-6(4-7)21(5)14(20)22/h5-7H,1-4H2,(H2,20,22)/t5-,6+,7+. The van der Waals surface area contributed by atoms with Gasteiger partial charge < -0.3 is 15.4 Å². The van der Waals surface area contributed by atoms with Crippen LogP contribution in [0.5, 0.6) is 5.75 Å². The first-order valence-corrected chi connectivity index (χ1v) is 7.07. The Morgan fingerprint density at radius 1 is 0.913 bits per heavy atom. The molecule has 4 nitrogen and oxygen atoms in total. The van der Waals surface area contributed by atoms with E-state index in [1.54, 1.807) is 0 Å². The molecule has 0 saturated carbocycles. The third-order valence-corrected chi connectivity index (χ3v) is 4.40. The van der Waals surface area contributed by atoms with Gasteiger partial charge in [-0.25, -0.2) is 18.0 Å². The summed E-state index contributed by atoms with van der Waals surface area (Å²) in [6.45, 7) is 0. The zero-order valence-electron chi connectivity index (χ0n) is 11.8. The molecule has 2 amide bonds. The quantitative estimate of drug-likeness (QED) is 0.513. The number of hydrogen-bond donors (Lipinski definition) is 1. The molecule has 0 unspecified atom stereocenters. The molecule has 2 bridgehead atoms. The summed E-state index contributed by atoms with van der Waals surface area (Å²) in [6.07, 6.45) is 1.00. The van der Waals surface area contributed by atoms with Gasteiger partial charge in [0.2, 0.25) is 29.1 Å². The minimum Gasteiger partial charge on any atom is -0.484 e. The van der Waals surface area contributed by atoms with Crippen molar-refractivity contribution >= 4 is 6.03 Å². The second-order valence-electron chi connectivity index (χ2n) is 5.74. The average Bonchev–Trinajstić information content (AvgIpc) is 2.79. The number of halogens is 5. The van der Waals surface area contributed by atoms with E-state index in [2.05, 4.69) is 0 Å². The molecular formula is C14H13F5N2O2. The molecule has 2 saturated heterocycles. The highest BCUT2D eigenvalue weighted by molar-refractivity contribution is 5.73. The van der Waals surface area contributed by atoms with E-state index >= 15 is 0 Å². The largest absolute Gasteiger partial charge is 0.484 e. The highest BCUT2D eigenvalue weighted by atomic mass is 19.2. The number of hydrogen-bond acceptors (Lipinski definition) is 2. The van der Waals surface area contributed by atoms with Gasteiger partial charge in [-0.2, -0.15) is 8.78 Å². The van der Waals surface area contributed by atoms with Crippen LogP contribution in [0.4, 0.5) is 26.7 Å². The molecular weight excluding hydrogens is 323 g/mol. The van der Waals surface area contributed by atoms with Crippen molar-refractivity contribution in [1.82, 2.24) is 4.90 Å². The Morgan fingerprint density at radius 3 is 1.78 bits per heavy atom. The van der Waals surface area contributed by atoms with Crippen molar-refractivity contribution in [3.63, 3.8) is 0 Å². The number of urea groups is 1. The van der Waals surface area contributed by atoms with Crippen LogP contribution in [0.1, 0.15) is 25.7 Å². The van der Waals surface area contributed by atoms with Crippen molar-refractivity contribution in [2.24, 2.45) is 5.73 Å². The van der Waals surface area contributed by atoms with E-state index < -0.39 is 47.0 Å². The Balaban J connectivity index is 1.84. The summed E-state index contributed by atoms with van der Waals surface area (Å²) in [5, 5.41) is 0. The maximum absolute atomic E-state index is 13.6. The summed E-state index contributed by atoms with van der Waals surface area (Å²) in [4.78, 5) is 12.8. The minimum atomic E-state index is -2.23. The van der Waals surface area contributed by atoms with Gasteiger partial charge in [0.05, 0.1) is 0 Å². The lowest BCUT2D eigenvalue weighted by atomic mass is 10.00. The van der Waals surface area contributed by atoms with Gasteiger partial charge in [-0.15, -0.1) is 0 Å². The first-order valence-electron chi connectivity index (χ1n) is 7.07. The van der Waals surface area contributed by atoms with E-state index in [4.69, 9.17) is 10.5 Å². The number of ether oxygens (including phenoxy) is 1. The SMILES string of the molecule is NC(=O)N1[C@@H]2CC[C@H]1C[C@@H](Oc1c(F)c(F)c(F)c(F)c1F)C2. The van der Waals surface area contributed by atoms with Gasteiger partial charge in [-0.3, -0.25) is 0 Å². The van der Waals surface area contributed by atoms with Crippen LogP contribution in [0, 0.1) is 29.1 Å². The Morgan fingerprint density at radius 2 is 1.35 bits per heavy atom. The molecule has 1 aromatic carbocycles. The van der Waals surface area contributed by atoms with Gasteiger partial charge in [0.1, 0.15) is 6.10 Å². The summed E-state index contributed by atoms with van der Waals surface area (Å²) in [6, 6.07) is -1.10. The van der Waals surface area contributed by atoms with Crippen LogP contribution in [-0.4, -0.2) is 29.1 Å². The number of piperidine rings is 1. The van der Waals surface area contributed by atoms with E-state index in [-0.39, 0.29) is 24.9 Å². The minimum absolute atomic E-state index is 0.221. The van der Waals surface area contributed by atoms with Crippen molar-refractivity contribution in [1.29, 1.82) is 0 Å². The first-order chi connectivity index (χ1) is 10.8. The van der Waals surface area contributed by atoms with E-state index in [0.29, 0.717) is 12.8 Å². The second-order valence-corrected chi connectivity index (χ2v) is 5.74. The van der Waals surface area contributed by atoms with Crippen molar-refractivity contribution in [3.8, 4) is 5.75 Å². The number of carbonyl (C=O) groups excluding carboxylic acids is 1. The molecule has 0 radical (unpaired) electrons. The van der Waals surface area contributed by atoms with Crippen molar-refractivity contribution in [2.45, 2.75) is 43.9 Å². The molecule has 9 heteroatoms. The summed E-state index contributed by atoms with van der Waals surface area (Å²) in [7, 11) is 0. The number of amides is 2. The van der Waals surface area contributed by atoms with E-state index in [0.717, 1.165) is 0 Å². The lowest BCUT2D eigenvalue weighted by molar-refractivity contribution is 0.0650. The fourth-order valence-corrected chi connectivity index (χ4v) is 3.44. The van der Waals surface area contributed by atoms with Gasteiger partial charge in [-0.1, -0.05) is 0 Å². The van der Waals surface area contributed by atoms with E-state index in [1.807, 2.05) is 0 Å². The molecule has 0 aliphatic carbocycles. The molecule has 23 heavy (non-hydrogen) atoms. The maximum atomic E-state index is 13.6. The second kappa shape index (κ2) is 5.54. The Kier molecular flexibility index (Phi) is 3.81. The topological polar surface area (TPSA) is 55.6 Å². The predicted octanol–water partition coefficient (Wildman–Crippen LogP) is 2.84. The third kappa shape index (κ3) is 2.47. The third-order valence-electron chi connectivity index (χ3n) is 4.40. The molecule has 2 aliphatic heterocycles. The highest BCUT2D eigenvalue weighted by Gasteiger charge is 2.44. The maximum Gasteiger partial charge on any atom is 0.315 e. The van der Waals surface area contributed by atoms with Crippen molar-refractivity contribution < 1.29 is 31.5 Å². The average molecular weight is 336 g/mol. The smallest absolute Gasteiger partial charge is 0.315 e. The lowest BCUT2D eigenvalue weighted by Crippen LogP contribution is -2.51. The van der Waals surface area contributed by atoms with Crippen LogP contribution in [-0.2, 0) is 0 Å². The van der Waals surface area contributed by atoms with Gasteiger partial charge in [0.15, 0.2) is 5.75 Å². The number of rotatable bonds is 2. The monoisotopic (exact) mass is 336 g/mol.